The highest BCUT2D eigenvalue weighted by molar-refractivity contribution is 7.99. The molecule has 0 bridgehead atoms. The van der Waals surface area contributed by atoms with Crippen molar-refractivity contribution in [3.63, 3.8) is 0 Å². The van der Waals surface area contributed by atoms with E-state index >= 15 is 0 Å². The lowest BCUT2D eigenvalue weighted by Gasteiger charge is -2.19. The molecule has 0 radical (unpaired) electrons. The standard InChI is InChI=1S/C13H21N3O2S2/c1-3-14-11-7-5-9-15-13(11)20(17,18)16-10-6-4-8-12(10)19-2/h5,7,9-10,12,14,16H,3-4,6,8H2,1-2H3. The van der Waals surface area contributed by atoms with Crippen molar-refractivity contribution in [3.8, 4) is 0 Å². The van der Waals surface area contributed by atoms with E-state index in [1.54, 1.807) is 23.9 Å². The number of pyridine rings is 1. The largest absolute Gasteiger partial charge is 0.383 e. The SMILES string of the molecule is CCNc1cccnc1S(=O)(=O)NC1CCCC1SC. The summed E-state index contributed by atoms with van der Waals surface area (Å²) in [5.41, 5.74) is 0.557. The molecule has 0 amide bonds. The van der Waals surface area contributed by atoms with Gasteiger partial charge in [0.15, 0.2) is 5.03 Å². The Labute approximate surface area is 125 Å². The molecule has 2 unspecified atom stereocenters. The first-order chi connectivity index (χ1) is 9.58. The van der Waals surface area contributed by atoms with Crippen molar-refractivity contribution >= 4 is 27.5 Å². The lowest BCUT2D eigenvalue weighted by molar-refractivity contribution is 0.552. The van der Waals surface area contributed by atoms with Gasteiger partial charge in [0.25, 0.3) is 10.0 Å². The Kier molecular flexibility index (Phi) is 5.29. The second-order valence-electron chi connectivity index (χ2n) is 4.82. The normalized spacial score (nSPS) is 22.9. The summed E-state index contributed by atoms with van der Waals surface area (Å²) in [7, 11) is -3.58. The van der Waals surface area contributed by atoms with E-state index in [0.29, 0.717) is 17.5 Å². The van der Waals surface area contributed by atoms with E-state index in [2.05, 4.69) is 15.0 Å². The van der Waals surface area contributed by atoms with Crippen LogP contribution in [0.25, 0.3) is 0 Å². The third-order valence-electron chi connectivity index (χ3n) is 3.45. The van der Waals surface area contributed by atoms with Gasteiger partial charge in [-0.15, -0.1) is 0 Å². The van der Waals surface area contributed by atoms with Crippen LogP contribution in [0, 0.1) is 0 Å². The molecule has 1 aliphatic rings. The second kappa shape index (κ2) is 6.78. The highest BCUT2D eigenvalue weighted by atomic mass is 32.2. The van der Waals surface area contributed by atoms with Gasteiger partial charge in [0, 0.05) is 24.0 Å². The van der Waals surface area contributed by atoms with Crippen LogP contribution in [-0.2, 0) is 10.0 Å². The van der Waals surface area contributed by atoms with Gasteiger partial charge >= 0.3 is 0 Å². The molecule has 1 heterocycles. The molecule has 2 atom stereocenters. The number of aromatic nitrogens is 1. The molecule has 5 nitrogen and oxygen atoms in total. The lowest BCUT2D eigenvalue weighted by atomic mass is 10.3. The molecule has 1 saturated carbocycles. The first-order valence-corrected chi connectivity index (χ1v) is 9.59. The van der Waals surface area contributed by atoms with Gasteiger partial charge in [0.2, 0.25) is 0 Å². The molecule has 1 aromatic heterocycles. The van der Waals surface area contributed by atoms with Crippen LogP contribution in [0.1, 0.15) is 26.2 Å². The predicted octanol–water partition coefficient (Wildman–Crippen LogP) is 2.08. The number of thioether (sulfide) groups is 1. The monoisotopic (exact) mass is 315 g/mol. The van der Waals surface area contributed by atoms with Crippen LogP contribution in [0.5, 0.6) is 0 Å². The van der Waals surface area contributed by atoms with Crippen molar-refractivity contribution in [1.82, 2.24) is 9.71 Å². The molecular formula is C13H21N3O2S2. The summed E-state index contributed by atoms with van der Waals surface area (Å²) in [5.74, 6) is 0. The number of rotatable bonds is 6. The highest BCUT2D eigenvalue weighted by Gasteiger charge is 2.32. The van der Waals surface area contributed by atoms with Gasteiger partial charge in [0.1, 0.15) is 0 Å². The number of hydrogen-bond donors (Lipinski definition) is 2. The number of anilines is 1. The maximum absolute atomic E-state index is 12.5. The van der Waals surface area contributed by atoms with E-state index in [0.717, 1.165) is 19.3 Å². The third kappa shape index (κ3) is 3.45. The van der Waals surface area contributed by atoms with Crippen LogP contribution in [0.15, 0.2) is 23.4 Å². The summed E-state index contributed by atoms with van der Waals surface area (Å²) in [4.78, 5) is 4.04. The topological polar surface area (TPSA) is 71.1 Å². The quantitative estimate of drug-likeness (QED) is 0.841. The maximum atomic E-state index is 12.5. The minimum Gasteiger partial charge on any atom is -0.383 e. The van der Waals surface area contributed by atoms with Crippen LogP contribution < -0.4 is 10.0 Å². The van der Waals surface area contributed by atoms with Crippen molar-refractivity contribution in [2.75, 3.05) is 18.1 Å². The molecule has 2 N–H and O–H groups in total. The van der Waals surface area contributed by atoms with Crippen LogP contribution in [-0.4, -0.2) is 37.5 Å². The first kappa shape index (κ1) is 15.6. The molecule has 1 aromatic rings. The average Bonchev–Trinajstić information content (AvgIpc) is 2.86. The van der Waals surface area contributed by atoms with Gasteiger partial charge < -0.3 is 5.32 Å². The Morgan fingerprint density at radius 1 is 1.45 bits per heavy atom. The van der Waals surface area contributed by atoms with Crippen LogP contribution in [0.3, 0.4) is 0 Å². The Bertz CT molecular complexity index is 548. The summed E-state index contributed by atoms with van der Waals surface area (Å²) < 4.78 is 27.9. The minimum atomic E-state index is -3.58. The van der Waals surface area contributed by atoms with E-state index in [4.69, 9.17) is 0 Å². The summed E-state index contributed by atoms with van der Waals surface area (Å²) in [5, 5.41) is 3.49. The molecule has 0 saturated heterocycles. The molecule has 112 valence electrons. The van der Waals surface area contributed by atoms with Crippen molar-refractivity contribution in [1.29, 1.82) is 0 Å². The number of nitrogens with one attached hydrogen (secondary N) is 2. The zero-order valence-corrected chi connectivity index (χ0v) is 13.4. The fourth-order valence-electron chi connectivity index (χ4n) is 2.53. The van der Waals surface area contributed by atoms with Gasteiger partial charge in [-0.2, -0.15) is 11.8 Å². The number of nitrogens with zero attached hydrogens (tertiary/aromatic N) is 1. The second-order valence-corrected chi connectivity index (χ2v) is 7.53. The van der Waals surface area contributed by atoms with E-state index in [-0.39, 0.29) is 11.1 Å². The fourth-order valence-corrected chi connectivity index (χ4v) is 4.97. The molecule has 1 fully saturated rings. The van der Waals surface area contributed by atoms with Gasteiger partial charge in [-0.05, 0) is 38.2 Å². The zero-order chi connectivity index (χ0) is 14.6. The fraction of sp³-hybridized carbons (Fsp3) is 0.615. The van der Waals surface area contributed by atoms with Crippen molar-refractivity contribution < 1.29 is 8.42 Å². The van der Waals surface area contributed by atoms with Gasteiger partial charge in [-0.25, -0.2) is 18.1 Å². The summed E-state index contributed by atoms with van der Waals surface area (Å²) in [6, 6.07) is 3.48. The zero-order valence-electron chi connectivity index (χ0n) is 11.8. The van der Waals surface area contributed by atoms with Gasteiger partial charge in [0.05, 0.1) is 5.69 Å². The molecule has 0 aromatic carbocycles. The van der Waals surface area contributed by atoms with E-state index in [1.807, 2.05) is 13.2 Å². The highest BCUT2D eigenvalue weighted by Crippen LogP contribution is 2.30. The Hall–Kier alpha value is -0.790. The van der Waals surface area contributed by atoms with Crippen LogP contribution in [0.4, 0.5) is 5.69 Å². The van der Waals surface area contributed by atoms with Crippen molar-refractivity contribution in [3.05, 3.63) is 18.3 Å². The van der Waals surface area contributed by atoms with Crippen LogP contribution in [0.2, 0.25) is 0 Å². The molecule has 2 rings (SSSR count). The third-order valence-corrected chi connectivity index (χ3v) is 6.07. The van der Waals surface area contributed by atoms with Crippen LogP contribution >= 0.6 is 11.8 Å². The lowest BCUT2D eigenvalue weighted by Crippen LogP contribution is -2.39. The Morgan fingerprint density at radius 3 is 2.95 bits per heavy atom. The first-order valence-electron chi connectivity index (χ1n) is 6.82. The number of sulfonamides is 1. The minimum absolute atomic E-state index is 0.00600. The Balaban J connectivity index is 2.22. The summed E-state index contributed by atoms with van der Waals surface area (Å²) in [6.45, 7) is 2.59. The maximum Gasteiger partial charge on any atom is 0.260 e. The van der Waals surface area contributed by atoms with Crippen molar-refractivity contribution in [2.45, 2.75) is 42.5 Å². The van der Waals surface area contributed by atoms with E-state index in [9.17, 15) is 8.42 Å². The van der Waals surface area contributed by atoms with Crippen molar-refractivity contribution in [2.24, 2.45) is 0 Å². The molecule has 0 spiro atoms. The van der Waals surface area contributed by atoms with E-state index in [1.165, 1.54) is 6.20 Å². The smallest absolute Gasteiger partial charge is 0.260 e. The van der Waals surface area contributed by atoms with E-state index < -0.39 is 10.0 Å². The molecule has 1 aliphatic carbocycles. The van der Waals surface area contributed by atoms with Gasteiger partial charge in [-0.1, -0.05) is 6.42 Å². The predicted molar refractivity (Wildman–Crippen MR) is 83.7 cm³/mol. The van der Waals surface area contributed by atoms with Gasteiger partial charge in [-0.3, -0.25) is 0 Å². The summed E-state index contributed by atoms with van der Waals surface area (Å²) in [6.07, 6.45) is 6.57. The average molecular weight is 315 g/mol. The Morgan fingerprint density at radius 2 is 2.25 bits per heavy atom. The molecule has 0 aliphatic heterocycles. The number of hydrogen-bond acceptors (Lipinski definition) is 5. The molecule has 7 heteroatoms. The summed E-state index contributed by atoms with van der Waals surface area (Å²) >= 11 is 1.73. The molecular weight excluding hydrogens is 294 g/mol. The molecule has 20 heavy (non-hydrogen) atoms.